The molecule has 0 atom stereocenters. The lowest BCUT2D eigenvalue weighted by Gasteiger charge is -2.11. The number of aliphatic imine (C=N–C) groups is 1. The summed E-state index contributed by atoms with van der Waals surface area (Å²) >= 11 is 0. The first-order valence-electron chi connectivity index (χ1n) is 7.11. The zero-order valence-corrected chi connectivity index (χ0v) is 14.3. The molecule has 1 aliphatic carbocycles. The van der Waals surface area contributed by atoms with Gasteiger partial charge in [-0.15, -0.1) is 30.6 Å². The van der Waals surface area contributed by atoms with Crippen LogP contribution in [0.5, 0.6) is 0 Å². The minimum atomic E-state index is 0. The van der Waals surface area contributed by atoms with E-state index in [1.54, 1.807) is 0 Å². The molecule has 1 rings (SSSR count). The molecule has 2 N–H and O–H groups in total. The predicted octanol–water partition coefficient (Wildman–Crippen LogP) is 2.69. The van der Waals surface area contributed by atoms with Crippen molar-refractivity contribution in [2.45, 2.75) is 45.1 Å². The number of guanidine groups is 1. The van der Waals surface area contributed by atoms with Crippen LogP contribution in [0.15, 0.2) is 17.6 Å². The summed E-state index contributed by atoms with van der Waals surface area (Å²) in [5.41, 5.74) is 0. The fourth-order valence-electron chi connectivity index (χ4n) is 2.07. The third kappa shape index (κ3) is 9.27. The van der Waals surface area contributed by atoms with Crippen molar-refractivity contribution in [3.05, 3.63) is 12.7 Å². The van der Waals surface area contributed by atoms with E-state index < -0.39 is 0 Å². The van der Waals surface area contributed by atoms with Gasteiger partial charge >= 0.3 is 0 Å². The van der Waals surface area contributed by atoms with Crippen molar-refractivity contribution in [1.29, 1.82) is 0 Å². The Kier molecular flexibility index (Phi) is 12.5. The maximum absolute atomic E-state index is 5.80. The van der Waals surface area contributed by atoms with Gasteiger partial charge in [-0.1, -0.05) is 18.9 Å². The molecule has 0 saturated heterocycles. The second-order valence-corrected chi connectivity index (χ2v) is 4.56. The molecule has 1 saturated carbocycles. The van der Waals surface area contributed by atoms with Gasteiger partial charge in [-0.3, -0.25) is 4.99 Å². The van der Waals surface area contributed by atoms with Crippen molar-refractivity contribution in [2.24, 2.45) is 4.99 Å². The molecule has 19 heavy (non-hydrogen) atoms. The van der Waals surface area contributed by atoms with Gasteiger partial charge in [0, 0.05) is 26.2 Å². The lowest BCUT2D eigenvalue weighted by molar-refractivity contribution is 0.0579. The van der Waals surface area contributed by atoms with E-state index in [2.05, 4.69) is 29.1 Å². The first kappa shape index (κ1) is 18.7. The van der Waals surface area contributed by atoms with Crippen LogP contribution in [0.2, 0.25) is 0 Å². The zero-order valence-electron chi connectivity index (χ0n) is 12.0. The summed E-state index contributed by atoms with van der Waals surface area (Å²) in [5, 5.41) is 6.38. The molecule has 112 valence electrons. The Morgan fingerprint density at radius 3 is 2.74 bits per heavy atom. The molecule has 4 nitrogen and oxygen atoms in total. The van der Waals surface area contributed by atoms with Crippen molar-refractivity contribution in [3.63, 3.8) is 0 Å². The Morgan fingerprint density at radius 2 is 2.11 bits per heavy atom. The Bertz CT molecular complexity index is 253. The van der Waals surface area contributed by atoms with Gasteiger partial charge in [0.25, 0.3) is 0 Å². The second kappa shape index (κ2) is 12.7. The van der Waals surface area contributed by atoms with Crippen LogP contribution >= 0.6 is 24.0 Å². The number of hydrogen-bond acceptors (Lipinski definition) is 2. The highest BCUT2D eigenvalue weighted by atomic mass is 127. The van der Waals surface area contributed by atoms with Gasteiger partial charge in [0.2, 0.25) is 0 Å². The number of nitrogens with zero attached hydrogens (tertiary/aromatic N) is 1. The highest BCUT2D eigenvalue weighted by Gasteiger charge is 2.14. The van der Waals surface area contributed by atoms with Crippen molar-refractivity contribution in [3.8, 4) is 0 Å². The highest BCUT2D eigenvalue weighted by molar-refractivity contribution is 14.0. The summed E-state index contributed by atoms with van der Waals surface area (Å²) in [5.74, 6) is 0.860. The quantitative estimate of drug-likeness (QED) is 0.223. The van der Waals surface area contributed by atoms with Crippen molar-refractivity contribution in [2.75, 3.05) is 26.2 Å². The van der Waals surface area contributed by atoms with Crippen LogP contribution in [0, 0.1) is 0 Å². The summed E-state index contributed by atoms with van der Waals surface area (Å²) in [6.07, 6.45) is 8.48. The van der Waals surface area contributed by atoms with E-state index in [4.69, 9.17) is 4.74 Å². The Morgan fingerprint density at radius 1 is 1.37 bits per heavy atom. The number of nitrogens with one attached hydrogen (secondary N) is 2. The molecular formula is C14H28IN3O. The van der Waals surface area contributed by atoms with Gasteiger partial charge in [0.1, 0.15) is 0 Å². The minimum absolute atomic E-state index is 0. The largest absolute Gasteiger partial charge is 0.378 e. The normalized spacial score (nSPS) is 15.9. The van der Waals surface area contributed by atoms with E-state index in [1.165, 1.54) is 25.7 Å². The SMILES string of the molecule is C=CCNC(=NCCCOC1CCCC1)NCC.I. The van der Waals surface area contributed by atoms with Gasteiger partial charge in [-0.05, 0) is 26.2 Å². The van der Waals surface area contributed by atoms with Crippen molar-refractivity contribution >= 4 is 29.9 Å². The van der Waals surface area contributed by atoms with Crippen molar-refractivity contribution < 1.29 is 4.74 Å². The standard InChI is InChI=1S/C14H27N3O.HI/c1-3-10-16-14(15-4-2)17-11-7-12-18-13-8-5-6-9-13;/h3,13H,1,4-12H2,2H3,(H2,15,16,17);1H. The third-order valence-corrected chi connectivity index (χ3v) is 2.99. The number of halogens is 1. The van der Waals surface area contributed by atoms with Crippen LogP contribution in [0.25, 0.3) is 0 Å². The zero-order chi connectivity index (χ0) is 13.1. The number of ether oxygens (including phenoxy) is 1. The molecular weight excluding hydrogens is 353 g/mol. The topological polar surface area (TPSA) is 45.7 Å². The van der Waals surface area contributed by atoms with E-state index in [-0.39, 0.29) is 24.0 Å². The Labute approximate surface area is 134 Å². The summed E-state index contributed by atoms with van der Waals surface area (Å²) < 4.78 is 5.80. The van der Waals surface area contributed by atoms with Crippen molar-refractivity contribution in [1.82, 2.24) is 10.6 Å². The predicted molar refractivity (Wildman–Crippen MR) is 92.4 cm³/mol. The number of rotatable bonds is 8. The second-order valence-electron chi connectivity index (χ2n) is 4.56. The lowest BCUT2D eigenvalue weighted by atomic mass is 10.3. The first-order chi connectivity index (χ1) is 8.86. The monoisotopic (exact) mass is 381 g/mol. The molecule has 5 heteroatoms. The van der Waals surface area contributed by atoms with Gasteiger partial charge in [-0.25, -0.2) is 0 Å². The van der Waals surface area contributed by atoms with Gasteiger partial charge < -0.3 is 15.4 Å². The Balaban J connectivity index is 0.00000324. The summed E-state index contributed by atoms with van der Waals surface area (Å²) in [6.45, 7) is 9.00. The molecule has 0 amide bonds. The molecule has 0 aromatic carbocycles. The molecule has 0 radical (unpaired) electrons. The molecule has 0 unspecified atom stereocenters. The Hall–Kier alpha value is -0.300. The van der Waals surface area contributed by atoms with Crippen LogP contribution < -0.4 is 10.6 Å². The molecule has 0 aromatic heterocycles. The molecule has 0 bridgehead atoms. The fourth-order valence-corrected chi connectivity index (χ4v) is 2.07. The lowest BCUT2D eigenvalue weighted by Crippen LogP contribution is -2.37. The molecule has 0 heterocycles. The molecule has 0 aromatic rings. The first-order valence-corrected chi connectivity index (χ1v) is 7.11. The highest BCUT2D eigenvalue weighted by Crippen LogP contribution is 2.20. The third-order valence-electron chi connectivity index (χ3n) is 2.99. The van der Waals surface area contributed by atoms with Crippen LogP contribution in [0.1, 0.15) is 39.0 Å². The molecule has 1 fully saturated rings. The van der Waals surface area contributed by atoms with Gasteiger partial charge in [-0.2, -0.15) is 0 Å². The molecule has 0 spiro atoms. The maximum Gasteiger partial charge on any atom is 0.191 e. The summed E-state index contributed by atoms with van der Waals surface area (Å²) in [6, 6.07) is 0. The average molecular weight is 381 g/mol. The maximum atomic E-state index is 5.80. The summed E-state index contributed by atoms with van der Waals surface area (Å²) in [7, 11) is 0. The smallest absolute Gasteiger partial charge is 0.191 e. The van der Waals surface area contributed by atoms with E-state index >= 15 is 0 Å². The van der Waals surface area contributed by atoms with Crippen LogP contribution in [-0.4, -0.2) is 38.3 Å². The van der Waals surface area contributed by atoms with Gasteiger partial charge in [0.15, 0.2) is 5.96 Å². The van der Waals surface area contributed by atoms with Crippen LogP contribution in [-0.2, 0) is 4.74 Å². The minimum Gasteiger partial charge on any atom is -0.378 e. The fraction of sp³-hybridized carbons (Fsp3) is 0.786. The average Bonchev–Trinajstić information content (AvgIpc) is 2.88. The van der Waals surface area contributed by atoms with Crippen LogP contribution in [0.3, 0.4) is 0 Å². The van der Waals surface area contributed by atoms with E-state index in [0.717, 1.165) is 38.6 Å². The molecule has 0 aliphatic heterocycles. The van der Waals surface area contributed by atoms with E-state index in [0.29, 0.717) is 6.10 Å². The van der Waals surface area contributed by atoms with Crippen LogP contribution in [0.4, 0.5) is 0 Å². The van der Waals surface area contributed by atoms with E-state index in [9.17, 15) is 0 Å². The summed E-state index contributed by atoms with van der Waals surface area (Å²) in [4.78, 5) is 4.48. The van der Waals surface area contributed by atoms with E-state index in [1.807, 2.05) is 6.08 Å². The van der Waals surface area contributed by atoms with Gasteiger partial charge in [0.05, 0.1) is 6.10 Å². The molecule has 1 aliphatic rings. The number of hydrogen-bond donors (Lipinski definition) is 2.